The van der Waals surface area contributed by atoms with Gasteiger partial charge in [0.25, 0.3) is 0 Å². The third kappa shape index (κ3) is 3.23. The molecule has 0 aliphatic carbocycles. The van der Waals surface area contributed by atoms with Crippen LogP contribution in [0.15, 0.2) is 24.3 Å². The smallest absolute Gasteiger partial charge is 0.248 e. The van der Waals surface area contributed by atoms with Gasteiger partial charge in [-0.25, -0.2) is 4.98 Å². The number of benzene rings is 1. The van der Waals surface area contributed by atoms with Crippen molar-refractivity contribution in [3.63, 3.8) is 0 Å². The Morgan fingerprint density at radius 3 is 2.90 bits per heavy atom. The highest BCUT2D eigenvalue weighted by Gasteiger charge is 2.33. The minimum absolute atomic E-state index is 0.0117. The number of ether oxygens (including phenoxy) is 1. The molecular weight excluding hydrogens is 286 g/mol. The van der Waals surface area contributed by atoms with Crippen molar-refractivity contribution in [2.24, 2.45) is 0 Å². The number of hydrogen-bond donors (Lipinski definition) is 1. The molecule has 0 radical (unpaired) electrons. The van der Waals surface area contributed by atoms with Crippen LogP contribution in [0.1, 0.15) is 11.9 Å². The Kier molecular flexibility index (Phi) is 3.93. The van der Waals surface area contributed by atoms with Gasteiger partial charge in [0.05, 0.1) is 22.4 Å². The Labute approximate surface area is 127 Å². The summed E-state index contributed by atoms with van der Waals surface area (Å²) in [4.78, 5) is 18.3. The number of amides is 1. The average Bonchev–Trinajstić information content (AvgIpc) is 2.84. The van der Waals surface area contributed by atoms with Crippen molar-refractivity contribution in [2.45, 2.75) is 19.1 Å². The molecule has 1 aromatic carbocycles. The van der Waals surface area contributed by atoms with Gasteiger partial charge in [-0.15, -0.1) is 11.3 Å². The lowest BCUT2D eigenvalue weighted by Crippen LogP contribution is -2.59. The van der Waals surface area contributed by atoms with E-state index in [1.807, 2.05) is 31.2 Å². The van der Waals surface area contributed by atoms with Gasteiger partial charge in [0.2, 0.25) is 5.91 Å². The van der Waals surface area contributed by atoms with E-state index in [2.05, 4.69) is 10.3 Å². The van der Waals surface area contributed by atoms with Gasteiger partial charge in [-0.1, -0.05) is 12.1 Å². The summed E-state index contributed by atoms with van der Waals surface area (Å²) in [6.45, 7) is 4.28. The molecule has 0 spiro atoms. The van der Waals surface area contributed by atoms with E-state index < -0.39 is 0 Å². The minimum atomic E-state index is -0.188. The van der Waals surface area contributed by atoms with Crippen LogP contribution in [0, 0.1) is 0 Å². The molecule has 0 bridgehead atoms. The Balaban J connectivity index is 1.57. The van der Waals surface area contributed by atoms with Gasteiger partial charge in [0, 0.05) is 20.1 Å². The fourth-order valence-corrected chi connectivity index (χ4v) is 3.22. The van der Waals surface area contributed by atoms with Gasteiger partial charge in [0.1, 0.15) is 11.6 Å². The van der Waals surface area contributed by atoms with E-state index in [1.54, 1.807) is 23.3 Å². The molecule has 112 valence electrons. The fourth-order valence-electron chi connectivity index (χ4n) is 2.20. The average molecular weight is 305 g/mol. The van der Waals surface area contributed by atoms with Crippen molar-refractivity contribution in [3.8, 4) is 0 Å². The Morgan fingerprint density at radius 1 is 1.48 bits per heavy atom. The molecule has 1 aliphatic rings. The van der Waals surface area contributed by atoms with Crippen molar-refractivity contribution in [1.29, 1.82) is 0 Å². The van der Waals surface area contributed by atoms with E-state index in [-0.39, 0.29) is 18.1 Å². The predicted molar refractivity (Wildman–Crippen MR) is 83.3 cm³/mol. The first kappa shape index (κ1) is 14.4. The van der Waals surface area contributed by atoms with E-state index in [1.165, 1.54) is 0 Å². The molecule has 1 amide bonds. The van der Waals surface area contributed by atoms with E-state index >= 15 is 0 Å². The number of nitrogens with one attached hydrogen (secondary N) is 1. The second kappa shape index (κ2) is 5.71. The highest BCUT2D eigenvalue weighted by Crippen LogP contribution is 2.22. The summed E-state index contributed by atoms with van der Waals surface area (Å²) < 4.78 is 6.82. The molecule has 1 aliphatic heterocycles. The van der Waals surface area contributed by atoms with Crippen molar-refractivity contribution >= 4 is 27.5 Å². The Hall–Kier alpha value is -1.50. The lowest BCUT2D eigenvalue weighted by molar-refractivity contribution is -0.145. The number of para-hydroxylation sites is 1. The standard InChI is InChI=1S/C15H19N3O2S/c1-15(9-16-10-15)20-8-14(19)18(2)7-13-17-11-5-3-4-6-12(11)21-13/h3-6,16H,7-10H2,1-2H3. The summed E-state index contributed by atoms with van der Waals surface area (Å²) in [5.41, 5.74) is 0.800. The van der Waals surface area contributed by atoms with E-state index in [0.717, 1.165) is 28.3 Å². The topological polar surface area (TPSA) is 54.5 Å². The molecule has 1 aromatic heterocycles. The van der Waals surface area contributed by atoms with Crippen molar-refractivity contribution < 1.29 is 9.53 Å². The second-order valence-electron chi connectivity index (χ2n) is 5.67. The van der Waals surface area contributed by atoms with E-state index in [4.69, 9.17) is 4.74 Å². The molecule has 0 saturated carbocycles. The number of hydrogen-bond acceptors (Lipinski definition) is 5. The molecule has 0 unspecified atom stereocenters. The monoisotopic (exact) mass is 305 g/mol. The number of rotatable bonds is 5. The normalized spacial score (nSPS) is 16.7. The maximum atomic E-state index is 12.1. The van der Waals surface area contributed by atoms with Gasteiger partial charge in [-0.2, -0.15) is 0 Å². The molecule has 2 heterocycles. The molecule has 2 aromatic rings. The van der Waals surface area contributed by atoms with Crippen LogP contribution in [0.25, 0.3) is 10.2 Å². The zero-order chi connectivity index (χ0) is 14.9. The fraction of sp³-hybridized carbons (Fsp3) is 0.467. The van der Waals surface area contributed by atoms with Crippen LogP contribution in [0.2, 0.25) is 0 Å². The van der Waals surface area contributed by atoms with Crippen LogP contribution in [-0.4, -0.2) is 48.1 Å². The predicted octanol–water partition coefficient (Wildman–Crippen LogP) is 1.63. The molecule has 1 fully saturated rings. The van der Waals surface area contributed by atoms with Crippen LogP contribution in [0.4, 0.5) is 0 Å². The quantitative estimate of drug-likeness (QED) is 0.912. The maximum absolute atomic E-state index is 12.1. The van der Waals surface area contributed by atoms with Gasteiger partial charge in [0.15, 0.2) is 0 Å². The third-order valence-corrected chi connectivity index (χ3v) is 4.70. The SMILES string of the molecule is CN(Cc1nc2ccccc2s1)C(=O)COC1(C)CNC1. The van der Waals surface area contributed by atoms with Crippen LogP contribution < -0.4 is 5.32 Å². The van der Waals surface area contributed by atoms with Crippen molar-refractivity contribution in [3.05, 3.63) is 29.3 Å². The zero-order valence-electron chi connectivity index (χ0n) is 12.3. The van der Waals surface area contributed by atoms with Crippen LogP contribution in [-0.2, 0) is 16.1 Å². The summed E-state index contributed by atoms with van der Waals surface area (Å²) in [6, 6.07) is 8.01. The molecule has 5 nitrogen and oxygen atoms in total. The molecule has 21 heavy (non-hydrogen) atoms. The van der Waals surface area contributed by atoms with E-state index in [9.17, 15) is 4.79 Å². The van der Waals surface area contributed by atoms with Gasteiger partial charge >= 0.3 is 0 Å². The zero-order valence-corrected chi connectivity index (χ0v) is 13.1. The van der Waals surface area contributed by atoms with E-state index in [0.29, 0.717) is 6.54 Å². The molecule has 1 saturated heterocycles. The Morgan fingerprint density at radius 2 is 2.24 bits per heavy atom. The molecular formula is C15H19N3O2S. The Bertz CT molecular complexity index is 618. The highest BCUT2D eigenvalue weighted by atomic mass is 32.1. The number of likely N-dealkylation sites (N-methyl/N-ethyl adjacent to an activating group) is 1. The van der Waals surface area contributed by atoms with Crippen molar-refractivity contribution in [1.82, 2.24) is 15.2 Å². The molecule has 3 rings (SSSR count). The first-order valence-electron chi connectivity index (χ1n) is 6.99. The summed E-state index contributed by atoms with van der Waals surface area (Å²) >= 11 is 1.63. The highest BCUT2D eigenvalue weighted by molar-refractivity contribution is 7.18. The number of carbonyl (C=O) groups excluding carboxylic acids is 1. The summed E-state index contributed by atoms with van der Waals surface area (Å²) in [5.74, 6) is -0.0117. The molecule has 1 N–H and O–H groups in total. The van der Waals surface area contributed by atoms with Crippen LogP contribution in [0.3, 0.4) is 0 Å². The lowest BCUT2D eigenvalue weighted by Gasteiger charge is -2.39. The van der Waals surface area contributed by atoms with Crippen molar-refractivity contribution in [2.75, 3.05) is 26.7 Å². The molecule has 0 atom stereocenters. The van der Waals surface area contributed by atoms with Crippen LogP contribution >= 0.6 is 11.3 Å². The van der Waals surface area contributed by atoms with Crippen LogP contribution in [0.5, 0.6) is 0 Å². The first-order valence-corrected chi connectivity index (χ1v) is 7.80. The first-order chi connectivity index (χ1) is 10.1. The number of fused-ring (bicyclic) bond motifs is 1. The number of nitrogens with zero attached hydrogens (tertiary/aromatic N) is 2. The minimum Gasteiger partial charge on any atom is -0.363 e. The summed E-state index contributed by atoms with van der Waals surface area (Å²) in [5, 5.41) is 4.10. The van der Waals surface area contributed by atoms with Gasteiger partial charge < -0.3 is 15.0 Å². The summed E-state index contributed by atoms with van der Waals surface area (Å²) in [7, 11) is 1.79. The van der Waals surface area contributed by atoms with Gasteiger partial charge in [-0.3, -0.25) is 4.79 Å². The summed E-state index contributed by atoms with van der Waals surface area (Å²) in [6.07, 6.45) is 0. The lowest BCUT2D eigenvalue weighted by atomic mass is 10.0. The maximum Gasteiger partial charge on any atom is 0.248 e. The number of carbonyl (C=O) groups is 1. The van der Waals surface area contributed by atoms with Gasteiger partial charge in [-0.05, 0) is 19.1 Å². The second-order valence-corrected chi connectivity index (χ2v) is 6.78. The largest absolute Gasteiger partial charge is 0.363 e. The number of thiazole rings is 1. The number of aromatic nitrogens is 1. The third-order valence-electron chi connectivity index (χ3n) is 3.68. The molecule has 6 heteroatoms.